The first-order chi connectivity index (χ1) is 12.1. The number of rotatable bonds is 3. The Morgan fingerprint density at radius 3 is 2.96 bits per heavy atom. The Hall–Kier alpha value is -1.73. The van der Waals surface area contributed by atoms with E-state index in [-0.39, 0.29) is 12.1 Å². The number of hydrogen-bond acceptors (Lipinski definition) is 5. The summed E-state index contributed by atoms with van der Waals surface area (Å²) in [4.78, 5) is 13.6. The van der Waals surface area contributed by atoms with Crippen LogP contribution in [-0.2, 0) is 4.74 Å². The fourth-order valence-corrected chi connectivity index (χ4v) is 4.42. The highest BCUT2D eigenvalue weighted by molar-refractivity contribution is 9.10. The van der Waals surface area contributed by atoms with Crippen LogP contribution >= 0.6 is 15.9 Å². The lowest BCUT2D eigenvalue weighted by atomic mass is 9.80. The highest BCUT2D eigenvalue weighted by Crippen LogP contribution is 2.42. The summed E-state index contributed by atoms with van der Waals surface area (Å²) in [5, 5.41) is 10.6. The van der Waals surface area contributed by atoms with Crippen LogP contribution in [0.5, 0.6) is 11.5 Å². The van der Waals surface area contributed by atoms with Gasteiger partial charge in [0.15, 0.2) is 11.5 Å². The molecule has 0 aromatic heterocycles. The van der Waals surface area contributed by atoms with Crippen molar-refractivity contribution in [2.24, 2.45) is 0 Å². The minimum absolute atomic E-state index is 0.0176. The number of halogens is 1. The van der Waals surface area contributed by atoms with Crippen LogP contribution in [0.2, 0.25) is 0 Å². The van der Waals surface area contributed by atoms with Gasteiger partial charge >= 0.3 is 6.09 Å². The third-order valence-electron chi connectivity index (χ3n) is 5.21. The van der Waals surface area contributed by atoms with E-state index in [0.717, 1.165) is 16.5 Å². The van der Waals surface area contributed by atoms with Crippen LogP contribution < -0.4 is 9.47 Å². The predicted octanol–water partition coefficient (Wildman–Crippen LogP) is 2.88. The van der Waals surface area contributed by atoms with Crippen molar-refractivity contribution in [1.82, 2.24) is 4.90 Å². The van der Waals surface area contributed by atoms with Gasteiger partial charge in [-0.2, -0.15) is 0 Å². The summed E-state index contributed by atoms with van der Waals surface area (Å²) in [7, 11) is 1.59. The molecule has 1 N–H and O–H groups in total. The van der Waals surface area contributed by atoms with E-state index in [1.54, 1.807) is 12.0 Å². The number of amides is 1. The average Bonchev–Trinajstić information content (AvgIpc) is 2.99. The molecule has 1 amide bonds. The van der Waals surface area contributed by atoms with Gasteiger partial charge in [0, 0.05) is 6.54 Å². The lowest BCUT2D eigenvalue weighted by Crippen LogP contribution is -2.47. The van der Waals surface area contributed by atoms with Gasteiger partial charge < -0.3 is 19.3 Å². The van der Waals surface area contributed by atoms with Gasteiger partial charge in [0.2, 0.25) is 0 Å². The molecule has 0 spiro atoms. The molecule has 25 heavy (non-hydrogen) atoms. The van der Waals surface area contributed by atoms with Crippen molar-refractivity contribution in [2.45, 2.75) is 37.5 Å². The van der Waals surface area contributed by atoms with E-state index in [9.17, 15) is 9.90 Å². The molecule has 0 radical (unpaired) electrons. The number of hydrogen-bond donors (Lipinski definition) is 1. The minimum atomic E-state index is -0.583. The summed E-state index contributed by atoms with van der Waals surface area (Å²) in [5.41, 5.74) is 2.27. The van der Waals surface area contributed by atoms with E-state index < -0.39 is 12.2 Å². The number of carbonyl (C=O) groups is 1. The van der Waals surface area contributed by atoms with Gasteiger partial charge in [-0.05, 0) is 58.5 Å². The third-order valence-corrected chi connectivity index (χ3v) is 5.83. The molecule has 134 valence electrons. The van der Waals surface area contributed by atoms with Crippen molar-refractivity contribution >= 4 is 22.0 Å². The molecule has 0 bridgehead atoms. The van der Waals surface area contributed by atoms with E-state index in [1.807, 2.05) is 18.2 Å². The minimum Gasteiger partial charge on any atom is -0.493 e. The molecule has 1 aromatic carbocycles. The molecule has 3 aliphatic rings. The van der Waals surface area contributed by atoms with E-state index in [2.05, 4.69) is 15.9 Å². The molecule has 1 unspecified atom stereocenters. The number of aliphatic hydroxyl groups is 1. The Morgan fingerprint density at radius 1 is 1.32 bits per heavy atom. The number of aliphatic hydroxyl groups excluding tert-OH is 1. The number of benzene rings is 1. The summed E-state index contributed by atoms with van der Waals surface area (Å²) in [6, 6.07) is 5.57. The molecular formula is C18H20BrNO5. The van der Waals surface area contributed by atoms with Crippen LogP contribution in [0.25, 0.3) is 0 Å². The standard InChI is InChI=1S/C18H20BrNO5/c1-23-15-4-2-3-12(19)17(15)25-16-11-7-8-20-13(9-24-18(20)22)10(11)5-6-14(16)21/h2-4,13-14,16,21H,5-9H2,1H3/t13?,14-,16-/m1/s1. The second-order valence-corrected chi connectivity index (χ2v) is 7.36. The predicted molar refractivity (Wildman–Crippen MR) is 93.8 cm³/mol. The first-order valence-electron chi connectivity index (χ1n) is 8.42. The molecule has 4 rings (SSSR count). The summed E-state index contributed by atoms with van der Waals surface area (Å²) < 4.78 is 17.6. The Kier molecular flexibility index (Phi) is 4.37. The second kappa shape index (κ2) is 6.53. The van der Waals surface area contributed by atoms with E-state index in [4.69, 9.17) is 14.2 Å². The van der Waals surface area contributed by atoms with E-state index in [1.165, 1.54) is 5.57 Å². The Morgan fingerprint density at radius 2 is 2.16 bits per heavy atom. The normalized spacial score (nSPS) is 28.4. The molecule has 1 fully saturated rings. The molecule has 0 saturated carbocycles. The number of methoxy groups -OCH3 is 1. The maximum absolute atomic E-state index is 11.8. The van der Waals surface area contributed by atoms with Crippen LogP contribution in [0.1, 0.15) is 19.3 Å². The van der Waals surface area contributed by atoms with Crippen LogP contribution in [0.3, 0.4) is 0 Å². The van der Waals surface area contributed by atoms with Gasteiger partial charge in [-0.1, -0.05) is 6.07 Å². The third kappa shape index (κ3) is 2.79. The van der Waals surface area contributed by atoms with Crippen molar-refractivity contribution in [3.05, 3.63) is 33.8 Å². The van der Waals surface area contributed by atoms with Crippen molar-refractivity contribution in [3.8, 4) is 11.5 Å². The SMILES string of the molecule is COc1cccc(Br)c1O[C@@H]1C2=C(CC[C@H]1O)C1COC(=O)N1CC2. The van der Waals surface area contributed by atoms with Crippen molar-refractivity contribution in [3.63, 3.8) is 0 Å². The molecule has 3 atom stereocenters. The van der Waals surface area contributed by atoms with Gasteiger partial charge in [-0.15, -0.1) is 0 Å². The van der Waals surface area contributed by atoms with Gasteiger partial charge in [0.25, 0.3) is 0 Å². The number of fused-ring (bicyclic) bond motifs is 2. The largest absolute Gasteiger partial charge is 0.493 e. The zero-order valence-electron chi connectivity index (χ0n) is 13.9. The van der Waals surface area contributed by atoms with Gasteiger partial charge in [-0.3, -0.25) is 4.90 Å². The van der Waals surface area contributed by atoms with Crippen molar-refractivity contribution < 1.29 is 24.1 Å². The number of carbonyl (C=O) groups excluding carboxylic acids is 1. The zero-order valence-corrected chi connectivity index (χ0v) is 15.5. The first-order valence-corrected chi connectivity index (χ1v) is 9.22. The Bertz CT molecular complexity index is 734. The highest BCUT2D eigenvalue weighted by atomic mass is 79.9. The fraction of sp³-hybridized carbons (Fsp3) is 0.500. The molecular weight excluding hydrogens is 390 g/mol. The molecule has 7 heteroatoms. The van der Waals surface area contributed by atoms with Gasteiger partial charge in [0.05, 0.1) is 23.7 Å². The molecule has 1 saturated heterocycles. The maximum Gasteiger partial charge on any atom is 0.410 e. The topological polar surface area (TPSA) is 68.2 Å². The van der Waals surface area contributed by atoms with Gasteiger partial charge in [0.1, 0.15) is 12.7 Å². The summed E-state index contributed by atoms with van der Waals surface area (Å²) >= 11 is 3.50. The molecule has 2 aliphatic heterocycles. The Balaban J connectivity index is 1.68. The zero-order chi connectivity index (χ0) is 17.6. The number of cyclic esters (lactones) is 1. The summed E-state index contributed by atoms with van der Waals surface area (Å²) in [6.07, 6.45) is 0.799. The lowest BCUT2D eigenvalue weighted by molar-refractivity contribution is 0.0351. The van der Waals surface area contributed by atoms with Gasteiger partial charge in [-0.25, -0.2) is 4.79 Å². The maximum atomic E-state index is 11.8. The van der Waals surface area contributed by atoms with E-state index in [0.29, 0.717) is 37.5 Å². The Labute approximate surface area is 154 Å². The quantitative estimate of drug-likeness (QED) is 0.777. The monoisotopic (exact) mass is 409 g/mol. The van der Waals surface area contributed by atoms with Crippen LogP contribution in [0, 0.1) is 0 Å². The van der Waals surface area contributed by atoms with Crippen molar-refractivity contribution in [2.75, 3.05) is 20.3 Å². The smallest absolute Gasteiger partial charge is 0.410 e. The van der Waals surface area contributed by atoms with E-state index >= 15 is 0 Å². The average molecular weight is 410 g/mol. The fourth-order valence-electron chi connectivity index (χ4n) is 3.98. The summed E-state index contributed by atoms with van der Waals surface area (Å²) in [6.45, 7) is 0.987. The lowest BCUT2D eigenvalue weighted by Gasteiger charge is -2.40. The number of para-hydroxylation sites is 1. The molecule has 1 aromatic rings. The summed E-state index contributed by atoms with van der Waals surface area (Å²) in [5.74, 6) is 1.20. The second-order valence-electron chi connectivity index (χ2n) is 6.50. The number of ether oxygens (including phenoxy) is 3. The van der Waals surface area contributed by atoms with Crippen LogP contribution in [0.4, 0.5) is 4.79 Å². The molecule has 1 aliphatic carbocycles. The molecule has 2 heterocycles. The van der Waals surface area contributed by atoms with Crippen molar-refractivity contribution in [1.29, 1.82) is 0 Å². The van der Waals surface area contributed by atoms with Crippen LogP contribution in [-0.4, -0.2) is 54.6 Å². The van der Waals surface area contributed by atoms with Crippen LogP contribution in [0.15, 0.2) is 33.8 Å². The molecule has 6 nitrogen and oxygen atoms in total. The first kappa shape index (κ1) is 16.7. The number of nitrogens with zero attached hydrogens (tertiary/aromatic N) is 1. The highest BCUT2D eigenvalue weighted by Gasteiger charge is 2.44.